The van der Waals surface area contributed by atoms with Crippen molar-refractivity contribution in [3.05, 3.63) is 72.1 Å². The van der Waals surface area contributed by atoms with E-state index >= 15 is 0 Å². The van der Waals surface area contributed by atoms with Crippen LogP contribution in [0.2, 0.25) is 0 Å². The zero-order valence-electron chi connectivity index (χ0n) is 9.92. The van der Waals surface area contributed by atoms with Gasteiger partial charge in [0.15, 0.2) is 0 Å². The van der Waals surface area contributed by atoms with Crippen molar-refractivity contribution < 1.29 is 0 Å². The summed E-state index contributed by atoms with van der Waals surface area (Å²) in [6.45, 7) is 0. The third kappa shape index (κ3) is 2.19. The number of allylic oxidation sites excluding steroid dienone is 4. The molecule has 1 aromatic rings. The van der Waals surface area contributed by atoms with Crippen LogP contribution in [0.3, 0.4) is 0 Å². The minimum Gasteiger partial charge on any atom is -0.351 e. The van der Waals surface area contributed by atoms with Gasteiger partial charge in [-0.3, -0.25) is 0 Å². The topological polar surface area (TPSA) is 3.24 Å². The maximum Gasteiger partial charge on any atom is 0.0374 e. The van der Waals surface area contributed by atoms with Gasteiger partial charge in [0.2, 0.25) is 0 Å². The second-order valence-corrected chi connectivity index (χ2v) is 4.68. The molecule has 1 unspecified atom stereocenters. The molecule has 86 valence electrons. The Labute approximate surface area is 103 Å². The number of hydrogen-bond acceptors (Lipinski definition) is 1. The van der Waals surface area contributed by atoms with E-state index < -0.39 is 0 Å². The smallest absolute Gasteiger partial charge is 0.0374 e. The molecule has 1 atom stereocenters. The SMILES string of the molecule is C1=CC=CN(C2CCc3ccccc3C2)C=C1. The van der Waals surface area contributed by atoms with Crippen LogP contribution in [0.4, 0.5) is 0 Å². The fraction of sp³-hybridized carbons (Fsp3) is 0.250. The largest absolute Gasteiger partial charge is 0.351 e. The Morgan fingerprint density at radius 2 is 1.59 bits per heavy atom. The number of benzene rings is 1. The maximum absolute atomic E-state index is 2.34. The minimum atomic E-state index is 0.609. The molecule has 1 aromatic carbocycles. The predicted molar refractivity (Wildman–Crippen MR) is 71.5 cm³/mol. The highest BCUT2D eigenvalue weighted by molar-refractivity contribution is 5.31. The van der Waals surface area contributed by atoms with Gasteiger partial charge in [0.1, 0.15) is 0 Å². The lowest BCUT2D eigenvalue weighted by atomic mass is 9.88. The molecule has 2 aliphatic rings. The second-order valence-electron chi connectivity index (χ2n) is 4.68. The van der Waals surface area contributed by atoms with E-state index in [2.05, 4.69) is 65.9 Å². The Kier molecular flexibility index (Phi) is 2.83. The van der Waals surface area contributed by atoms with Gasteiger partial charge in [0, 0.05) is 18.4 Å². The van der Waals surface area contributed by atoms with Gasteiger partial charge >= 0.3 is 0 Å². The van der Waals surface area contributed by atoms with Crippen molar-refractivity contribution >= 4 is 0 Å². The van der Waals surface area contributed by atoms with Crippen molar-refractivity contribution in [2.24, 2.45) is 0 Å². The lowest BCUT2D eigenvalue weighted by Gasteiger charge is -2.32. The molecule has 0 N–H and O–H groups in total. The summed E-state index contributed by atoms with van der Waals surface area (Å²) in [5, 5.41) is 0. The van der Waals surface area contributed by atoms with E-state index in [1.54, 1.807) is 0 Å². The molecule has 0 saturated heterocycles. The normalized spacial score (nSPS) is 22.4. The van der Waals surface area contributed by atoms with E-state index in [-0.39, 0.29) is 0 Å². The molecule has 0 amide bonds. The van der Waals surface area contributed by atoms with Crippen LogP contribution >= 0.6 is 0 Å². The van der Waals surface area contributed by atoms with Crippen LogP contribution in [-0.4, -0.2) is 10.9 Å². The molecule has 1 aliphatic heterocycles. The van der Waals surface area contributed by atoms with E-state index in [1.807, 2.05) is 0 Å². The average molecular weight is 223 g/mol. The highest BCUT2D eigenvalue weighted by atomic mass is 15.1. The molecule has 0 aromatic heterocycles. The van der Waals surface area contributed by atoms with Crippen molar-refractivity contribution in [2.75, 3.05) is 0 Å². The fourth-order valence-corrected chi connectivity index (χ4v) is 2.65. The van der Waals surface area contributed by atoms with Gasteiger partial charge in [-0.15, -0.1) is 0 Å². The monoisotopic (exact) mass is 223 g/mol. The number of rotatable bonds is 1. The Morgan fingerprint density at radius 1 is 0.882 bits per heavy atom. The van der Waals surface area contributed by atoms with Crippen LogP contribution in [0.15, 0.2) is 61.0 Å². The Morgan fingerprint density at radius 3 is 2.35 bits per heavy atom. The summed E-state index contributed by atoms with van der Waals surface area (Å²) in [7, 11) is 0. The number of hydrogen-bond donors (Lipinski definition) is 0. The van der Waals surface area contributed by atoms with Gasteiger partial charge in [0.05, 0.1) is 0 Å². The van der Waals surface area contributed by atoms with Crippen molar-refractivity contribution in [3.8, 4) is 0 Å². The third-order valence-electron chi connectivity index (χ3n) is 3.59. The first-order valence-electron chi connectivity index (χ1n) is 6.29. The third-order valence-corrected chi connectivity index (χ3v) is 3.59. The van der Waals surface area contributed by atoms with E-state index in [4.69, 9.17) is 0 Å². The molecule has 0 spiro atoms. The Hall–Kier alpha value is -1.76. The summed E-state index contributed by atoms with van der Waals surface area (Å²) in [4.78, 5) is 2.34. The summed E-state index contributed by atoms with van der Waals surface area (Å²) in [6.07, 6.45) is 16.3. The van der Waals surface area contributed by atoms with Gasteiger partial charge in [0.25, 0.3) is 0 Å². The van der Waals surface area contributed by atoms with Crippen LogP contribution < -0.4 is 0 Å². The average Bonchev–Trinajstić information content (AvgIpc) is 2.67. The first kappa shape index (κ1) is 10.4. The van der Waals surface area contributed by atoms with Crippen LogP contribution in [0.25, 0.3) is 0 Å². The van der Waals surface area contributed by atoms with Crippen LogP contribution in [0.5, 0.6) is 0 Å². The summed E-state index contributed by atoms with van der Waals surface area (Å²) < 4.78 is 0. The molecule has 0 saturated carbocycles. The van der Waals surface area contributed by atoms with Gasteiger partial charge < -0.3 is 4.90 Å². The Balaban J connectivity index is 1.80. The van der Waals surface area contributed by atoms with Crippen molar-refractivity contribution in [2.45, 2.75) is 25.3 Å². The molecular formula is C16H17N. The number of nitrogens with zero attached hydrogens (tertiary/aromatic N) is 1. The minimum absolute atomic E-state index is 0.609. The molecule has 1 heteroatoms. The summed E-state index contributed by atoms with van der Waals surface area (Å²) in [5.41, 5.74) is 3.05. The highest BCUT2D eigenvalue weighted by Gasteiger charge is 2.20. The summed E-state index contributed by atoms with van der Waals surface area (Å²) in [5.74, 6) is 0. The lowest BCUT2D eigenvalue weighted by molar-refractivity contribution is 0.330. The number of aryl methyl sites for hydroxylation is 1. The molecule has 1 heterocycles. The van der Waals surface area contributed by atoms with Gasteiger partial charge in [-0.2, -0.15) is 0 Å². The number of fused-ring (bicyclic) bond motifs is 1. The van der Waals surface area contributed by atoms with Crippen molar-refractivity contribution in [1.82, 2.24) is 4.90 Å². The van der Waals surface area contributed by atoms with Crippen LogP contribution in [0.1, 0.15) is 17.5 Å². The zero-order valence-corrected chi connectivity index (χ0v) is 9.92. The molecule has 0 radical (unpaired) electrons. The zero-order chi connectivity index (χ0) is 11.5. The van der Waals surface area contributed by atoms with Gasteiger partial charge in [-0.25, -0.2) is 0 Å². The molecule has 1 aliphatic carbocycles. The van der Waals surface area contributed by atoms with Crippen molar-refractivity contribution in [1.29, 1.82) is 0 Å². The van der Waals surface area contributed by atoms with E-state index in [1.165, 1.54) is 24.0 Å². The van der Waals surface area contributed by atoms with Gasteiger partial charge in [-0.05, 0) is 42.5 Å². The molecule has 1 nitrogen and oxygen atoms in total. The van der Waals surface area contributed by atoms with Crippen molar-refractivity contribution in [3.63, 3.8) is 0 Å². The highest BCUT2D eigenvalue weighted by Crippen LogP contribution is 2.25. The second kappa shape index (κ2) is 4.62. The van der Waals surface area contributed by atoms with Crippen LogP contribution in [0, 0.1) is 0 Å². The van der Waals surface area contributed by atoms with E-state index in [0.717, 1.165) is 6.42 Å². The first-order chi connectivity index (χ1) is 8.43. The molecule has 0 bridgehead atoms. The lowest BCUT2D eigenvalue weighted by Crippen LogP contribution is -2.32. The van der Waals surface area contributed by atoms with Gasteiger partial charge in [-0.1, -0.05) is 36.4 Å². The predicted octanol–water partition coefficient (Wildman–Crippen LogP) is 3.44. The fourth-order valence-electron chi connectivity index (χ4n) is 2.65. The quantitative estimate of drug-likeness (QED) is 0.705. The Bertz CT molecular complexity index is 466. The molecule has 3 rings (SSSR count). The van der Waals surface area contributed by atoms with E-state index in [9.17, 15) is 0 Å². The van der Waals surface area contributed by atoms with Crippen LogP contribution in [-0.2, 0) is 12.8 Å². The summed E-state index contributed by atoms with van der Waals surface area (Å²) >= 11 is 0. The standard InChI is InChI=1S/C16H17N/c1-2-6-12-17(11-5-1)16-10-9-14-7-3-4-8-15(14)13-16/h1-8,11-12,16H,9-10,13H2. The first-order valence-corrected chi connectivity index (χ1v) is 6.29. The maximum atomic E-state index is 2.34. The van der Waals surface area contributed by atoms with E-state index in [0.29, 0.717) is 6.04 Å². The molecule has 17 heavy (non-hydrogen) atoms. The molecular weight excluding hydrogens is 206 g/mol. The molecule has 0 fully saturated rings. The summed E-state index contributed by atoms with van der Waals surface area (Å²) in [6, 6.07) is 9.44.